The third-order valence-electron chi connectivity index (χ3n) is 4.68. The zero-order valence-electron chi connectivity index (χ0n) is 16.1. The molecule has 0 aliphatic heterocycles. The van der Waals surface area contributed by atoms with Crippen LogP contribution in [0.25, 0.3) is 0 Å². The van der Waals surface area contributed by atoms with Crippen molar-refractivity contribution in [3.05, 3.63) is 64.7 Å². The summed E-state index contributed by atoms with van der Waals surface area (Å²) in [6.45, 7) is 8.05. The van der Waals surface area contributed by atoms with Gasteiger partial charge in [-0.05, 0) is 48.4 Å². The van der Waals surface area contributed by atoms with Crippen molar-refractivity contribution in [2.75, 3.05) is 5.32 Å². The number of hydrogen-bond acceptors (Lipinski definition) is 2. The van der Waals surface area contributed by atoms with Crippen LogP contribution in [0.2, 0.25) is 0 Å². The number of para-hydroxylation sites is 1. The number of carbonyl (C=O) groups is 2. The molecular weight excluding hydrogens is 324 g/mol. The van der Waals surface area contributed by atoms with Crippen molar-refractivity contribution in [1.82, 2.24) is 5.32 Å². The van der Waals surface area contributed by atoms with Crippen molar-refractivity contribution in [2.45, 2.75) is 53.0 Å². The van der Waals surface area contributed by atoms with E-state index in [-0.39, 0.29) is 6.04 Å². The number of carbonyl (C=O) groups excluding carboxylic acids is 2. The van der Waals surface area contributed by atoms with Gasteiger partial charge in [-0.15, -0.1) is 0 Å². The highest BCUT2D eigenvalue weighted by atomic mass is 16.2. The molecule has 2 aromatic carbocycles. The predicted octanol–water partition coefficient (Wildman–Crippen LogP) is 4.19. The van der Waals surface area contributed by atoms with E-state index < -0.39 is 11.8 Å². The summed E-state index contributed by atoms with van der Waals surface area (Å²) in [5.41, 5.74) is 5.06. The first-order valence-electron chi connectivity index (χ1n) is 9.31. The van der Waals surface area contributed by atoms with Crippen LogP contribution in [0.4, 0.5) is 5.69 Å². The third-order valence-corrected chi connectivity index (χ3v) is 4.68. The van der Waals surface area contributed by atoms with E-state index in [4.69, 9.17) is 0 Å². The Labute approximate surface area is 156 Å². The summed E-state index contributed by atoms with van der Waals surface area (Å²) in [5, 5.41) is 5.58. The predicted molar refractivity (Wildman–Crippen MR) is 106 cm³/mol. The highest BCUT2D eigenvalue weighted by molar-refractivity contribution is 6.39. The Bertz CT molecular complexity index is 744. The summed E-state index contributed by atoms with van der Waals surface area (Å²) in [5.74, 6) is -1.25. The lowest BCUT2D eigenvalue weighted by Crippen LogP contribution is -2.37. The van der Waals surface area contributed by atoms with Gasteiger partial charge in [-0.3, -0.25) is 9.59 Å². The second-order valence-electron chi connectivity index (χ2n) is 6.40. The van der Waals surface area contributed by atoms with Crippen LogP contribution in [0.15, 0.2) is 42.5 Å². The molecule has 138 valence electrons. The van der Waals surface area contributed by atoms with Crippen LogP contribution >= 0.6 is 0 Å². The average Bonchev–Trinajstić information content (AvgIpc) is 2.67. The Morgan fingerprint density at radius 1 is 0.846 bits per heavy atom. The molecule has 0 bridgehead atoms. The van der Waals surface area contributed by atoms with Gasteiger partial charge in [0.15, 0.2) is 0 Å². The van der Waals surface area contributed by atoms with E-state index in [0.717, 1.165) is 41.6 Å². The molecule has 0 saturated heterocycles. The second-order valence-corrected chi connectivity index (χ2v) is 6.40. The molecular formula is C22H28N2O2. The highest BCUT2D eigenvalue weighted by Crippen LogP contribution is 2.22. The summed E-state index contributed by atoms with van der Waals surface area (Å²) in [6, 6.07) is 13.8. The second kappa shape index (κ2) is 9.18. The average molecular weight is 352 g/mol. The van der Waals surface area contributed by atoms with Gasteiger partial charge in [0.2, 0.25) is 0 Å². The van der Waals surface area contributed by atoms with Crippen LogP contribution in [0.1, 0.15) is 56.0 Å². The smallest absolute Gasteiger partial charge is 0.313 e. The number of nitrogens with one attached hydrogen (secondary N) is 2. The first kappa shape index (κ1) is 19.7. The Hall–Kier alpha value is -2.62. The Kier molecular flexibility index (Phi) is 6.96. The van der Waals surface area contributed by atoms with Gasteiger partial charge in [-0.1, -0.05) is 63.2 Å². The molecule has 1 unspecified atom stereocenters. The number of benzene rings is 2. The maximum absolute atomic E-state index is 12.4. The minimum Gasteiger partial charge on any atom is -0.341 e. The topological polar surface area (TPSA) is 58.2 Å². The summed E-state index contributed by atoms with van der Waals surface area (Å²) >= 11 is 0. The summed E-state index contributed by atoms with van der Waals surface area (Å²) in [4.78, 5) is 24.7. The molecule has 4 heteroatoms. The lowest BCUT2D eigenvalue weighted by molar-refractivity contribution is -0.136. The third kappa shape index (κ3) is 4.72. The van der Waals surface area contributed by atoms with E-state index in [0.29, 0.717) is 0 Å². The van der Waals surface area contributed by atoms with Crippen LogP contribution < -0.4 is 10.6 Å². The molecule has 2 rings (SSSR count). The van der Waals surface area contributed by atoms with E-state index in [2.05, 4.69) is 17.6 Å². The first-order chi connectivity index (χ1) is 12.5. The fraction of sp³-hybridized carbons (Fsp3) is 0.364. The van der Waals surface area contributed by atoms with Crippen molar-refractivity contribution in [3.8, 4) is 0 Å². The molecule has 0 aliphatic carbocycles. The van der Waals surface area contributed by atoms with Crippen molar-refractivity contribution in [2.24, 2.45) is 0 Å². The molecule has 0 saturated carbocycles. The van der Waals surface area contributed by atoms with Gasteiger partial charge in [-0.25, -0.2) is 0 Å². The molecule has 4 nitrogen and oxygen atoms in total. The van der Waals surface area contributed by atoms with Crippen molar-refractivity contribution in [1.29, 1.82) is 0 Å². The van der Waals surface area contributed by atoms with Crippen LogP contribution in [-0.2, 0) is 28.9 Å². The SMILES string of the molecule is CCc1ccc(C(C)NC(=O)C(=O)Nc2c(CC)cccc2CC)cc1. The van der Waals surface area contributed by atoms with Gasteiger partial charge in [-0.2, -0.15) is 0 Å². The minimum atomic E-state index is -0.627. The molecule has 0 heterocycles. The van der Waals surface area contributed by atoms with Crippen molar-refractivity contribution in [3.63, 3.8) is 0 Å². The van der Waals surface area contributed by atoms with Gasteiger partial charge in [0.25, 0.3) is 0 Å². The summed E-state index contributed by atoms with van der Waals surface area (Å²) in [7, 11) is 0. The number of rotatable bonds is 6. The monoisotopic (exact) mass is 352 g/mol. The minimum absolute atomic E-state index is 0.230. The van der Waals surface area contributed by atoms with Crippen LogP contribution in [-0.4, -0.2) is 11.8 Å². The number of anilines is 1. The molecule has 0 spiro atoms. The molecule has 26 heavy (non-hydrogen) atoms. The first-order valence-corrected chi connectivity index (χ1v) is 9.31. The number of amides is 2. The molecule has 2 amide bonds. The molecule has 0 aromatic heterocycles. The quantitative estimate of drug-likeness (QED) is 0.766. The normalized spacial score (nSPS) is 11.7. The van der Waals surface area contributed by atoms with Gasteiger partial charge in [0.05, 0.1) is 6.04 Å². The maximum Gasteiger partial charge on any atom is 0.313 e. The Morgan fingerprint density at radius 3 is 1.92 bits per heavy atom. The van der Waals surface area contributed by atoms with Gasteiger partial charge < -0.3 is 10.6 Å². The molecule has 2 N–H and O–H groups in total. The fourth-order valence-electron chi connectivity index (χ4n) is 2.96. The van der Waals surface area contributed by atoms with E-state index in [9.17, 15) is 9.59 Å². The molecule has 0 aliphatic rings. The molecule has 0 radical (unpaired) electrons. The van der Waals surface area contributed by atoms with E-state index >= 15 is 0 Å². The van der Waals surface area contributed by atoms with Crippen LogP contribution in [0.3, 0.4) is 0 Å². The zero-order valence-corrected chi connectivity index (χ0v) is 16.1. The van der Waals surface area contributed by atoms with E-state index in [1.807, 2.05) is 63.2 Å². The standard InChI is InChI=1S/C22H28N2O2/c1-5-16-11-13-19(14-12-16)15(4)23-21(25)22(26)24-20-17(6-2)9-8-10-18(20)7-3/h8-15H,5-7H2,1-4H3,(H,23,25)(H,24,26). The summed E-state index contributed by atoms with van der Waals surface area (Å²) < 4.78 is 0. The molecule has 1 atom stereocenters. The van der Waals surface area contributed by atoms with Gasteiger partial charge in [0.1, 0.15) is 0 Å². The summed E-state index contributed by atoms with van der Waals surface area (Å²) in [6.07, 6.45) is 2.57. The van der Waals surface area contributed by atoms with Crippen molar-refractivity contribution >= 4 is 17.5 Å². The fourth-order valence-corrected chi connectivity index (χ4v) is 2.96. The largest absolute Gasteiger partial charge is 0.341 e. The Balaban J connectivity index is 2.07. The highest BCUT2D eigenvalue weighted by Gasteiger charge is 2.19. The van der Waals surface area contributed by atoms with Gasteiger partial charge >= 0.3 is 11.8 Å². The maximum atomic E-state index is 12.4. The van der Waals surface area contributed by atoms with Crippen LogP contribution in [0.5, 0.6) is 0 Å². The number of hydrogen-bond donors (Lipinski definition) is 2. The lowest BCUT2D eigenvalue weighted by Gasteiger charge is -2.17. The zero-order chi connectivity index (χ0) is 19.1. The lowest BCUT2D eigenvalue weighted by atomic mass is 10.0. The van der Waals surface area contributed by atoms with Crippen molar-refractivity contribution < 1.29 is 9.59 Å². The van der Waals surface area contributed by atoms with E-state index in [1.54, 1.807) is 0 Å². The Morgan fingerprint density at radius 2 is 1.42 bits per heavy atom. The molecule has 2 aromatic rings. The van der Waals surface area contributed by atoms with Gasteiger partial charge in [0, 0.05) is 5.69 Å². The molecule has 0 fully saturated rings. The number of aryl methyl sites for hydroxylation is 3. The van der Waals surface area contributed by atoms with E-state index in [1.165, 1.54) is 5.56 Å². The van der Waals surface area contributed by atoms with Crippen LogP contribution in [0, 0.1) is 0 Å².